The van der Waals surface area contributed by atoms with Crippen LogP contribution in [-0.2, 0) is 6.54 Å². The van der Waals surface area contributed by atoms with Crippen LogP contribution in [0.3, 0.4) is 0 Å². The first kappa shape index (κ1) is 17.4. The summed E-state index contributed by atoms with van der Waals surface area (Å²) in [6.45, 7) is 0.674. The van der Waals surface area contributed by atoms with Gasteiger partial charge in [-0.15, -0.1) is 0 Å². The van der Waals surface area contributed by atoms with Crippen LogP contribution < -0.4 is 10.1 Å². The molecule has 0 saturated carbocycles. The van der Waals surface area contributed by atoms with Crippen molar-refractivity contribution < 1.29 is 4.74 Å². The molecule has 6 heteroatoms. The third-order valence-electron chi connectivity index (χ3n) is 3.14. The first-order valence-corrected chi connectivity index (χ1v) is 8.23. The lowest BCUT2D eigenvalue weighted by Gasteiger charge is -2.15. The topological polar surface area (TPSA) is 36.9 Å². The number of nitrogens with zero attached hydrogens (tertiary/aromatic N) is 2. The zero-order chi connectivity index (χ0) is 16.7. The summed E-state index contributed by atoms with van der Waals surface area (Å²) in [5.74, 6) is 0.788. The van der Waals surface area contributed by atoms with Crippen LogP contribution in [-0.4, -0.2) is 30.5 Å². The lowest BCUT2D eigenvalue weighted by atomic mass is 10.2. The standard InChI is InChI=1S/C17H18BrN3OS/c1-21(17(23)19-11-13-6-4-3-5-7-13)20-12-14-8-9-16(22-2)15(18)10-14/h3-10,12H,11H2,1-2H3,(H,19,23)/b20-12-. The molecule has 0 saturated heterocycles. The number of ether oxygens (including phenoxy) is 1. The Morgan fingerprint density at radius 2 is 2.04 bits per heavy atom. The molecule has 1 N–H and O–H groups in total. The van der Waals surface area contributed by atoms with Crippen molar-refractivity contribution in [3.05, 3.63) is 64.1 Å². The van der Waals surface area contributed by atoms with Crippen molar-refractivity contribution in [3.8, 4) is 5.75 Å². The molecule has 120 valence electrons. The van der Waals surface area contributed by atoms with Crippen LogP contribution in [0.15, 0.2) is 58.1 Å². The average Bonchev–Trinajstić information content (AvgIpc) is 2.58. The van der Waals surface area contributed by atoms with Crippen molar-refractivity contribution in [1.29, 1.82) is 0 Å². The quantitative estimate of drug-likeness (QED) is 0.477. The van der Waals surface area contributed by atoms with Crippen LogP contribution in [0.2, 0.25) is 0 Å². The van der Waals surface area contributed by atoms with Crippen LogP contribution in [0.5, 0.6) is 5.75 Å². The third kappa shape index (κ3) is 5.33. The Morgan fingerprint density at radius 3 is 2.70 bits per heavy atom. The van der Waals surface area contributed by atoms with Crippen molar-refractivity contribution in [2.75, 3.05) is 14.2 Å². The number of methoxy groups -OCH3 is 1. The number of hydrogen-bond donors (Lipinski definition) is 1. The van der Waals surface area contributed by atoms with E-state index in [1.165, 1.54) is 5.56 Å². The molecule has 2 aromatic carbocycles. The van der Waals surface area contributed by atoms with Gasteiger partial charge >= 0.3 is 0 Å². The lowest BCUT2D eigenvalue weighted by molar-refractivity contribution is 0.412. The summed E-state index contributed by atoms with van der Waals surface area (Å²) in [4.78, 5) is 0. The normalized spacial score (nSPS) is 10.6. The minimum Gasteiger partial charge on any atom is -0.496 e. The summed E-state index contributed by atoms with van der Waals surface area (Å²) in [6.07, 6.45) is 1.75. The molecule has 0 radical (unpaired) electrons. The van der Waals surface area contributed by atoms with E-state index in [-0.39, 0.29) is 0 Å². The van der Waals surface area contributed by atoms with Crippen molar-refractivity contribution in [3.63, 3.8) is 0 Å². The van der Waals surface area contributed by atoms with Crippen LogP contribution in [0.4, 0.5) is 0 Å². The number of hydrogen-bond acceptors (Lipinski definition) is 3. The fourth-order valence-corrected chi connectivity index (χ4v) is 2.53. The Labute approximate surface area is 150 Å². The Hall–Kier alpha value is -1.92. The molecule has 0 aliphatic rings. The van der Waals surface area contributed by atoms with Gasteiger partial charge < -0.3 is 10.1 Å². The third-order valence-corrected chi connectivity index (χ3v) is 4.16. The molecule has 23 heavy (non-hydrogen) atoms. The van der Waals surface area contributed by atoms with E-state index < -0.39 is 0 Å². The van der Waals surface area contributed by atoms with E-state index in [9.17, 15) is 0 Å². The Balaban J connectivity index is 1.91. The SMILES string of the molecule is COc1ccc(/C=N\N(C)C(=S)NCc2ccccc2)cc1Br. The number of thiocarbonyl (C=S) groups is 1. The molecule has 0 amide bonds. The number of halogens is 1. The second-order valence-electron chi connectivity index (χ2n) is 4.81. The van der Waals surface area contributed by atoms with Crippen molar-refractivity contribution >= 4 is 39.5 Å². The number of nitrogens with one attached hydrogen (secondary N) is 1. The summed E-state index contributed by atoms with van der Waals surface area (Å²) in [6, 6.07) is 15.9. The van der Waals surface area contributed by atoms with Gasteiger partial charge in [-0.05, 0) is 57.5 Å². The zero-order valence-corrected chi connectivity index (χ0v) is 15.4. The largest absolute Gasteiger partial charge is 0.496 e. The second kappa shape index (κ2) is 8.64. The molecule has 0 heterocycles. The number of rotatable bonds is 5. The summed E-state index contributed by atoms with van der Waals surface area (Å²) in [7, 11) is 3.45. The highest BCUT2D eigenvalue weighted by molar-refractivity contribution is 9.10. The highest BCUT2D eigenvalue weighted by Crippen LogP contribution is 2.24. The van der Waals surface area contributed by atoms with Crippen LogP contribution >= 0.6 is 28.1 Å². The van der Waals surface area contributed by atoms with Crippen molar-refractivity contribution in [2.45, 2.75) is 6.54 Å². The summed E-state index contributed by atoms with van der Waals surface area (Å²) in [5.41, 5.74) is 2.13. The Bertz CT molecular complexity index is 691. The van der Waals surface area contributed by atoms with E-state index in [1.54, 1.807) is 18.3 Å². The molecule has 0 bridgehead atoms. The van der Waals surface area contributed by atoms with E-state index >= 15 is 0 Å². The fourth-order valence-electron chi connectivity index (χ4n) is 1.86. The smallest absolute Gasteiger partial charge is 0.189 e. The maximum atomic E-state index is 5.33. The molecule has 2 rings (SSSR count). The minimum atomic E-state index is 0.567. The molecule has 0 aliphatic heterocycles. The van der Waals surface area contributed by atoms with Crippen LogP contribution in [0.1, 0.15) is 11.1 Å². The maximum Gasteiger partial charge on any atom is 0.189 e. The van der Waals surface area contributed by atoms with Gasteiger partial charge in [0.05, 0.1) is 17.8 Å². The van der Waals surface area contributed by atoms with E-state index in [1.807, 2.05) is 55.6 Å². The van der Waals surface area contributed by atoms with Gasteiger partial charge in [0, 0.05) is 13.6 Å². The lowest BCUT2D eigenvalue weighted by Crippen LogP contribution is -2.33. The van der Waals surface area contributed by atoms with Gasteiger partial charge in [-0.3, -0.25) is 0 Å². The van der Waals surface area contributed by atoms with Gasteiger partial charge in [0.2, 0.25) is 0 Å². The molecule has 0 fully saturated rings. The molecule has 0 unspecified atom stereocenters. The average molecular weight is 392 g/mol. The van der Waals surface area contributed by atoms with Gasteiger partial charge in [0.25, 0.3) is 0 Å². The molecule has 4 nitrogen and oxygen atoms in total. The van der Waals surface area contributed by atoms with E-state index in [0.717, 1.165) is 15.8 Å². The monoisotopic (exact) mass is 391 g/mol. The van der Waals surface area contributed by atoms with Gasteiger partial charge in [-0.1, -0.05) is 30.3 Å². The predicted molar refractivity (Wildman–Crippen MR) is 102 cm³/mol. The predicted octanol–water partition coefficient (Wildman–Crippen LogP) is 3.80. The number of hydrazone groups is 1. The van der Waals surface area contributed by atoms with Crippen molar-refractivity contribution in [1.82, 2.24) is 10.3 Å². The Kier molecular flexibility index (Phi) is 6.55. The first-order valence-electron chi connectivity index (χ1n) is 7.03. The zero-order valence-electron chi connectivity index (χ0n) is 13.0. The summed E-state index contributed by atoms with van der Waals surface area (Å²) in [5, 5.41) is 9.73. The molecule has 0 atom stereocenters. The maximum absolute atomic E-state index is 5.33. The molecular weight excluding hydrogens is 374 g/mol. The summed E-state index contributed by atoms with van der Waals surface area (Å²) >= 11 is 8.78. The van der Waals surface area contributed by atoms with E-state index in [2.05, 4.69) is 26.3 Å². The number of benzene rings is 2. The molecule has 2 aromatic rings. The van der Waals surface area contributed by atoms with Crippen LogP contribution in [0.25, 0.3) is 0 Å². The first-order chi connectivity index (χ1) is 11.1. The highest BCUT2D eigenvalue weighted by atomic mass is 79.9. The molecule has 0 aromatic heterocycles. The van der Waals surface area contributed by atoms with Crippen LogP contribution in [0, 0.1) is 0 Å². The van der Waals surface area contributed by atoms with E-state index in [4.69, 9.17) is 17.0 Å². The van der Waals surface area contributed by atoms with Gasteiger partial charge in [0.15, 0.2) is 5.11 Å². The molecular formula is C17H18BrN3OS. The minimum absolute atomic E-state index is 0.567. The highest BCUT2D eigenvalue weighted by Gasteiger charge is 2.03. The van der Waals surface area contributed by atoms with E-state index in [0.29, 0.717) is 11.7 Å². The van der Waals surface area contributed by atoms with Gasteiger partial charge in [-0.25, -0.2) is 5.01 Å². The second-order valence-corrected chi connectivity index (χ2v) is 6.05. The summed E-state index contributed by atoms with van der Waals surface area (Å²) < 4.78 is 6.09. The van der Waals surface area contributed by atoms with Crippen molar-refractivity contribution in [2.24, 2.45) is 5.10 Å². The Morgan fingerprint density at radius 1 is 1.30 bits per heavy atom. The fraction of sp³-hybridized carbons (Fsp3) is 0.176. The molecule has 0 aliphatic carbocycles. The van der Waals surface area contributed by atoms with Gasteiger partial charge in [-0.2, -0.15) is 5.10 Å². The van der Waals surface area contributed by atoms with Gasteiger partial charge in [0.1, 0.15) is 5.75 Å². The molecule has 0 spiro atoms.